The molecule has 3 aromatic rings. The van der Waals surface area contributed by atoms with Gasteiger partial charge >= 0.3 is 0 Å². The first-order valence-corrected chi connectivity index (χ1v) is 9.50. The molecular formula is C20H21N7O2. The number of fused-ring (bicyclic) bond motifs is 1. The highest BCUT2D eigenvalue weighted by Crippen LogP contribution is 2.16. The van der Waals surface area contributed by atoms with E-state index in [9.17, 15) is 9.59 Å². The zero-order valence-electron chi connectivity index (χ0n) is 16.1. The van der Waals surface area contributed by atoms with E-state index in [2.05, 4.69) is 26.0 Å². The van der Waals surface area contributed by atoms with Gasteiger partial charge in [-0.2, -0.15) is 10.4 Å². The van der Waals surface area contributed by atoms with Gasteiger partial charge in [-0.05, 0) is 12.1 Å². The Morgan fingerprint density at radius 2 is 2.00 bits per heavy atom. The Kier molecular flexibility index (Phi) is 4.99. The summed E-state index contributed by atoms with van der Waals surface area (Å²) in [5.74, 6) is 1.33. The Hall–Kier alpha value is -3.67. The molecule has 1 aromatic carbocycles. The van der Waals surface area contributed by atoms with Crippen molar-refractivity contribution in [3.05, 3.63) is 52.2 Å². The van der Waals surface area contributed by atoms with Crippen molar-refractivity contribution in [1.29, 1.82) is 5.26 Å². The molecule has 3 heterocycles. The number of aromatic nitrogens is 4. The summed E-state index contributed by atoms with van der Waals surface area (Å²) in [5.41, 5.74) is 0.966. The molecule has 1 N–H and O–H groups in total. The number of nitrogens with one attached hydrogen (secondary N) is 1. The van der Waals surface area contributed by atoms with Crippen LogP contribution in [-0.2, 0) is 18.3 Å². The molecular weight excluding hydrogens is 370 g/mol. The van der Waals surface area contributed by atoms with Crippen LogP contribution in [0.4, 0.5) is 5.82 Å². The fourth-order valence-corrected chi connectivity index (χ4v) is 3.53. The lowest BCUT2D eigenvalue weighted by atomic mass is 10.2. The summed E-state index contributed by atoms with van der Waals surface area (Å²) in [7, 11) is 1.74. The van der Waals surface area contributed by atoms with Crippen molar-refractivity contribution in [1.82, 2.24) is 24.6 Å². The number of amides is 1. The second-order valence-electron chi connectivity index (χ2n) is 7.02. The molecule has 0 bridgehead atoms. The predicted octanol–water partition coefficient (Wildman–Crippen LogP) is 0.810. The average Bonchev–Trinajstić information content (AvgIpc) is 3.13. The third-order valence-electron chi connectivity index (χ3n) is 5.18. The minimum Gasteiger partial charge on any atom is -0.352 e. The molecule has 2 aromatic heterocycles. The monoisotopic (exact) mass is 391 g/mol. The van der Waals surface area contributed by atoms with Crippen molar-refractivity contribution in [2.75, 3.05) is 31.1 Å². The number of nitriles is 1. The van der Waals surface area contributed by atoms with Crippen LogP contribution >= 0.6 is 0 Å². The number of hydrogen-bond acceptors (Lipinski definition) is 6. The van der Waals surface area contributed by atoms with Crippen LogP contribution in [0.15, 0.2) is 35.1 Å². The highest BCUT2D eigenvalue weighted by atomic mass is 16.2. The summed E-state index contributed by atoms with van der Waals surface area (Å²) >= 11 is 0. The maximum Gasteiger partial charge on any atom is 0.258 e. The quantitative estimate of drug-likeness (QED) is 0.705. The van der Waals surface area contributed by atoms with Crippen LogP contribution in [-0.4, -0.2) is 56.7 Å². The molecule has 1 aliphatic heterocycles. The number of carbonyl (C=O) groups is 1. The Bertz CT molecular complexity index is 1150. The predicted molar refractivity (Wildman–Crippen MR) is 107 cm³/mol. The second kappa shape index (κ2) is 7.75. The summed E-state index contributed by atoms with van der Waals surface area (Å²) in [5, 5.41) is 14.0. The maximum absolute atomic E-state index is 12.6. The Morgan fingerprint density at radius 3 is 2.72 bits per heavy atom. The number of H-pyrrole nitrogens is 1. The van der Waals surface area contributed by atoms with Crippen LogP contribution in [0.1, 0.15) is 17.9 Å². The lowest BCUT2D eigenvalue weighted by Crippen LogP contribution is -2.49. The van der Waals surface area contributed by atoms with Gasteiger partial charge in [0, 0.05) is 52.1 Å². The molecule has 0 saturated carbocycles. The number of aryl methyl sites for hydroxylation is 2. The van der Waals surface area contributed by atoms with Gasteiger partial charge in [0.2, 0.25) is 5.91 Å². The SMILES string of the molecule is Cn1nc(N2CCN(C(=O)CCc3nc4ccccc4c(=O)[nH]3)CC2)cc1C#N. The van der Waals surface area contributed by atoms with Gasteiger partial charge in [-0.3, -0.25) is 14.3 Å². The van der Waals surface area contributed by atoms with E-state index < -0.39 is 0 Å². The lowest BCUT2D eigenvalue weighted by Gasteiger charge is -2.34. The number of benzene rings is 1. The fourth-order valence-electron chi connectivity index (χ4n) is 3.53. The van der Waals surface area contributed by atoms with E-state index in [0.717, 1.165) is 5.82 Å². The van der Waals surface area contributed by atoms with Crippen molar-refractivity contribution in [3.8, 4) is 6.07 Å². The van der Waals surface area contributed by atoms with Gasteiger partial charge < -0.3 is 14.8 Å². The van der Waals surface area contributed by atoms with Crippen molar-refractivity contribution in [2.24, 2.45) is 7.05 Å². The largest absolute Gasteiger partial charge is 0.352 e. The molecule has 1 saturated heterocycles. The van der Waals surface area contributed by atoms with E-state index in [4.69, 9.17) is 5.26 Å². The van der Waals surface area contributed by atoms with Crippen LogP contribution < -0.4 is 10.5 Å². The smallest absolute Gasteiger partial charge is 0.258 e. The number of piperazine rings is 1. The first-order chi connectivity index (χ1) is 14.0. The van der Waals surface area contributed by atoms with Gasteiger partial charge in [0.05, 0.1) is 10.9 Å². The molecule has 4 rings (SSSR count). The van der Waals surface area contributed by atoms with Gasteiger partial charge in [0.25, 0.3) is 5.56 Å². The third kappa shape index (κ3) is 3.82. The summed E-state index contributed by atoms with van der Waals surface area (Å²) in [6.07, 6.45) is 0.689. The summed E-state index contributed by atoms with van der Waals surface area (Å²) < 4.78 is 1.56. The number of aromatic amines is 1. The van der Waals surface area contributed by atoms with E-state index in [1.165, 1.54) is 0 Å². The molecule has 148 valence electrons. The zero-order chi connectivity index (χ0) is 20.4. The average molecular weight is 391 g/mol. The standard InChI is InChI=1S/C20H21N7O2/c1-25-14(13-21)12-18(24-25)26-8-10-27(11-9-26)19(28)7-6-17-22-16-5-3-2-4-15(16)20(29)23-17/h2-5,12H,6-11H2,1H3,(H,22,23,29). The zero-order valence-corrected chi connectivity index (χ0v) is 16.1. The molecule has 1 aliphatic rings. The number of carbonyl (C=O) groups excluding carboxylic acids is 1. The summed E-state index contributed by atoms with van der Waals surface area (Å²) in [6, 6.07) is 11.0. The number of anilines is 1. The van der Waals surface area contributed by atoms with Crippen LogP contribution in [0.3, 0.4) is 0 Å². The van der Waals surface area contributed by atoms with Crippen LogP contribution in [0.2, 0.25) is 0 Å². The van der Waals surface area contributed by atoms with Crippen LogP contribution in [0.5, 0.6) is 0 Å². The Morgan fingerprint density at radius 1 is 1.24 bits per heavy atom. The van der Waals surface area contributed by atoms with E-state index in [-0.39, 0.29) is 11.5 Å². The molecule has 29 heavy (non-hydrogen) atoms. The normalized spacial score (nSPS) is 14.2. The molecule has 1 fully saturated rings. The molecule has 0 spiro atoms. The summed E-state index contributed by atoms with van der Waals surface area (Å²) in [4.78, 5) is 35.9. The molecule has 0 radical (unpaired) electrons. The lowest BCUT2D eigenvalue weighted by molar-refractivity contribution is -0.131. The maximum atomic E-state index is 12.6. The van der Waals surface area contributed by atoms with Gasteiger partial charge in [-0.15, -0.1) is 0 Å². The van der Waals surface area contributed by atoms with E-state index >= 15 is 0 Å². The number of hydrogen-bond donors (Lipinski definition) is 1. The van der Waals surface area contributed by atoms with Crippen molar-refractivity contribution < 1.29 is 4.79 Å². The van der Waals surface area contributed by atoms with Crippen molar-refractivity contribution >= 4 is 22.6 Å². The van der Waals surface area contributed by atoms with Crippen LogP contribution in [0, 0.1) is 11.3 Å². The minimum absolute atomic E-state index is 0.0409. The highest BCUT2D eigenvalue weighted by Gasteiger charge is 2.23. The molecule has 0 aliphatic carbocycles. The highest BCUT2D eigenvalue weighted by molar-refractivity contribution is 5.78. The topological polar surface area (TPSA) is 111 Å². The first-order valence-electron chi connectivity index (χ1n) is 9.50. The third-order valence-corrected chi connectivity index (χ3v) is 5.18. The molecule has 0 atom stereocenters. The Balaban J connectivity index is 1.34. The van der Waals surface area contributed by atoms with E-state index in [1.54, 1.807) is 36.0 Å². The van der Waals surface area contributed by atoms with Gasteiger partial charge in [0.15, 0.2) is 5.82 Å². The van der Waals surface area contributed by atoms with Gasteiger partial charge in [-0.1, -0.05) is 12.1 Å². The summed E-state index contributed by atoms with van der Waals surface area (Å²) in [6.45, 7) is 2.52. The van der Waals surface area contributed by atoms with Crippen molar-refractivity contribution in [2.45, 2.75) is 12.8 Å². The minimum atomic E-state index is -0.182. The molecule has 1 amide bonds. The number of para-hydroxylation sites is 1. The number of nitrogens with zero attached hydrogens (tertiary/aromatic N) is 6. The van der Waals surface area contributed by atoms with E-state index in [1.807, 2.05) is 11.0 Å². The van der Waals surface area contributed by atoms with Crippen LogP contribution in [0.25, 0.3) is 10.9 Å². The molecule has 9 heteroatoms. The van der Waals surface area contributed by atoms with E-state index in [0.29, 0.717) is 61.4 Å². The Labute approximate surface area is 167 Å². The first kappa shape index (κ1) is 18.7. The molecule has 0 unspecified atom stereocenters. The second-order valence-corrected chi connectivity index (χ2v) is 7.02. The fraction of sp³-hybridized carbons (Fsp3) is 0.350. The van der Waals surface area contributed by atoms with Crippen molar-refractivity contribution in [3.63, 3.8) is 0 Å². The molecule has 9 nitrogen and oxygen atoms in total. The van der Waals surface area contributed by atoms with Gasteiger partial charge in [-0.25, -0.2) is 4.98 Å². The number of rotatable bonds is 4. The van der Waals surface area contributed by atoms with Gasteiger partial charge in [0.1, 0.15) is 17.6 Å².